The zero-order valence-electron chi connectivity index (χ0n) is 10.0. The highest BCUT2D eigenvalue weighted by atomic mass is 16.5. The van der Waals surface area contributed by atoms with E-state index in [-0.39, 0.29) is 13.2 Å². The molecule has 0 aromatic heterocycles. The average molecular weight is 253 g/mol. The Morgan fingerprint density at radius 3 is 2.33 bits per heavy atom. The topological polar surface area (TPSA) is 95.9 Å². The third kappa shape index (κ3) is 2.41. The number of nitrogens with two attached hydrogens (primary N) is 1. The molecule has 5 nitrogen and oxygen atoms in total. The molecule has 0 aliphatic carbocycles. The highest BCUT2D eigenvalue weighted by Gasteiger charge is 2.43. The Bertz CT molecular complexity index is 373. The van der Waals surface area contributed by atoms with Crippen LogP contribution >= 0.6 is 0 Å². The molecule has 5 heteroatoms. The van der Waals surface area contributed by atoms with E-state index in [1.807, 2.05) is 30.3 Å². The van der Waals surface area contributed by atoms with Crippen LogP contribution in [0.2, 0.25) is 0 Å². The maximum absolute atomic E-state index is 10.1. The van der Waals surface area contributed by atoms with E-state index in [4.69, 9.17) is 10.5 Å². The summed E-state index contributed by atoms with van der Waals surface area (Å²) in [5, 5.41) is 28.7. The molecule has 0 unspecified atom stereocenters. The van der Waals surface area contributed by atoms with Gasteiger partial charge >= 0.3 is 0 Å². The minimum atomic E-state index is -0.897. The number of aliphatic hydroxyl groups is 3. The van der Waals surface area contributed by atoms with Gasteiger partial charge in [-0.2, -0.15) is 0 Å². The average Bonchev–Trinajstić information content (AvgIpc) is 2.42. The predicted octanol–water partition coefficient (Wildman–Crippen LogP) is -0.585. The summed E-state index contributed by atoms with van der Waals surface area (Å²) in [6, 6.07) is 8.65. The summed E-state index contributed by atoms with van der Waals surface area (Å²) in [5.41, 5.74) is 6.66. The van der Waals surface area contributed by atoms with Crippen LogP contribution in [0.1, 0.15) is 11.7 Å². The number of aliphatic hydroxyl groups excluding tert-OH is 3. The molecule has 1 saturated heterocycles. The second kappa shape index (κ2) is 5.77. The molecule has 5 N–H and O–H groups in total. The summed E-state index contributed by atoms with van der Waals surface area (Å²) in [4.78, 5) is 0. The largest absolute Gasteiger partial charge is 0.396 e. The molecule has 0 spiro atoms. The van der Waals surface area contributed by atoms with E-state index in [2.05, 4.69) is 0 Å². The van der Waals surface area contributed by atoms with Crippen molar-refractivity contribution < 1.29 is 20.1 Å². The van der Waals surface area contributed by atoms with Gasteiger partial charge in [0.2, 0.25) is 0 Å². The van der Waals surface area contributed by atoms with Gasteiger partial charge in [-0.3, -0.25) is 0 Å². The first-order valence-electron chi connectivity index (χ1n) is 6.04. The van der Waals surface area contributed by atoms with Crippen LogP contribution in [0.3, 0.4) is 0 Å². The molecule has 1 aromatic rings. The standard InChI is InChI=1S/C13H19NO4/c14-11-10(7-16)18-13(9(6-15)12(11)17)8-4-2-1-3-5-8/h1-5,9-13,15-17H,6-7,14H2/t9-,10+,11-,12+,13-/m0/s1. The minimum Gasteiger partial charge on any atom is -0.396 e. The Morgan fingerprint density at radius 1 is 1.11 bits per heavy atom. The maximum atomic E-state index is 10.1. The number of benzene rings is 1. The van der Waals surface area contributed by atoms with Crippen molar-refractivity contribution in [2.75, 3.05) is 13.2 Å². The molecule has 0 bridgehead atoms. The molecule has 1 aliphatic rings. The molecular weight excluding hydrogens is 234 g/mol. The molecule has 1 aromatic carbocycles. The van der Waals surface area contributed by atoms with Crippen molar-refractivity contribution in [3.63, 3.8) is 0 Å². The lowest BCUT2D eigenvalue weighted by Gasteiger charge is -2.42. The molecule has 18 heavy (non-hydrogen) atoms. The van der Waals surface area contributed by atoms with Gasteiger partial charge in [0, 0.05) is 5.92 Å². The van der Waals surface area contributed by atoms with Crippen LogP contribution in [0.5, 0.6) is 0 Å². The van der Waals surface area contributed by atoms with Crippen molar-refractivity contribution in [2.45, 2.75) is 24.4 Å². The minimum absolute atomic E-state index is 0.216. The van der Waals surface area contributed by atoms with E-state index in [1.165, 1.54) is 0 Å². The third-order valence-corrected chi connectivity index (χ3v) is 3.49. The molecule has 2 rings (SSSR count). The normalized spacial score (nSPS) is 36.6. The van der Waals surface area contributed by atoms with Crippen LogP contribution in [0, 0.1) is 5.92 Å². The van der Waals surface area contributed by atoms with Crippen LogP contribution in [0.25, 0.3) is 0 Å². The van der Waals surface area contributed by atoms with E-state index in [1.54, 1.807) is 0 Å². The van der Waals surface area contributed by atoms with Crippen molar-refractivity contribution in [1.29, 1.82) is 0 Å². The fourth-order valence-corrected chi connectivity index (χ4v) is 2.40. The monoisotopic (exact) mass is 253 g/mol. The third-order valence-electron chi connectivity index (χ3n) is 3.49. The van der Waals surface area contributed by atoms with E-state index >= 15 is 0 Å². The lowest BCUT2D eigenvalue weighted by atomic mass is 9.83. The van der Waals surface area contributed by atoms with Gasteiger partial charge in [0.05, 0.1) is 37.6 Å². The second-order valence-corrected chi connectivity index (χ2v) is 4.60. The first-order chi connectivity index (χ1) is 8.69. The number of ether oxygens (including phenoxy) is 1. The quantitative estimate of drug-likeness (QED) is 0.578. The molecule has 100 valence electrons. The van der Waals surface area contributed by atoms with Crippen molar-refractivity contribution in [3.05, 3.63) is 35.9 Å². The number of hydrogen-bond donors (Lipinski definition) is 4. The van der Waals surface area contributed by atoms with Crippen LogP contribution in [0.4, 0.5) is 0 Å². The molecule has 0 radical (unpaired) electrons. The Balaban J connectivity index is 2.27. The Kier molecular flexibility index (Phi) is 4.31. The fraction of sp³-hybridized carbons (Fsp3) is 0.538. The summed E-state index contributed by atoms with van der Waals surface area (Å²) in [7, 11) is 0. The molecular formula is C13H19NO4. The summed E-state index contributed by atoms with van der Waals surface area (Å²) in [6.45, 7) is -0.466. The van der Waals surface area contributed by atoms with Gasteiger partial charge in [-0.05, 0) is 5.56 Å². The lowest BCUT2D eigenvalue weighted by Crippen LogP contribution is -2.57. The van der Waals surface area contributed by atoms with Crippen LogP contribution in [-0.4, -0.2) is 46.8 Å². The van der Waals surface area contributed by atoms with E-state index < -0.39 is 30.3 Å². The highest BCUT2D eigenvalue weighted by Crippen LogP contribution is 2.35. The molecule has 1 aliphatic heterocycles. The predicted molar refractivity (Wildman–Crippen MR) is 65.7 cm³/mol. The van der Waals surface area contributed by atoms with Crippen molar-refractivity contribution in [3.8, 4) is 0 Å². The first kappa shape index (κ1) is 13.5. The zero-order chi connectivity index (χ0) is 13.1. The first-order valence-corrected chi connectivity index (χ1v) is 6.04. The summed E-state index contributed by atoms with van der Waals surface area (Å²) < 4.78 is 5.71. The van der Waals surface area contributed by atoms with Gasteiger partial charge in [0.1, 0.15) is 0 Å². The Morgan fingerprint density at radius 2 is 1.78 bits per heavy atom. The fourth-order valence-electron chi connectivity index (χ4n) is 2.40. The van der Waals surface area contributed by atoms with Gasteiger partial charge in [-0.1, -0.05) is 30.3 Å². The van der Waals surface area contributed by atoms with Gasteiger partial charge < -0.3 is 25.8 Å². The van der Waals surface area contributed by atoms with E-state index in [9.17, 15) is 15.3 Å². The molecule has 1 heterocycles. The maximum Gasteiger partial charge on any atom is 0.0990 e. The Labute approximate surface area is 106 Å². The van der Waals surface area contributed by atoms with Gasteiger partial charge in [0.25, 0.3) is 0 Å². The van der Waals surface area contributed by atoms with Crippen molar-refractivity contribution in [2.24, 2.45) is 11.7 Å². The summed E-state index contributed by atoms with van der Waals surface area (Å²) in [6.07, 6.45) is -1.97. The highest BCUT2D eigenvalue weighted by molar-refractivity contribution is 5.20. The smallest absolute Gasteiger partial charge is 0.0990 e. The van der Waals surface area contributed by atoms with Crippen LogP contribution in [0.15, 0.2) is 30.3 Å². The van der Waals surface area contributed by atoms with E-state index in [0.717, 1.165) is 5.56 Å². The second-order valence-electron chi connectivity index (χ2n) is 4.60. The molecule has 1 fully saturated rings. The lowest BCUT2D eigenvalue weighted by molar-refractivity contribution is -0.170. The molecule has 0 saturated carbocycles. The molecule has 0 amide bonds. The molecule has 5 atom stereocenters. The number of rotatable bonds is 3. The number of hydrogen-bond acceptors (Lipinski definition) is 5. The van der Waals surface area contributed by atoms with Crippen molar-refractivity contribution >= 4 is 0 Å². The van der Waals surface area contributed by atoms with Gasteiger partial charge in [0.15, 0.2) is 0 Å². The van der Waals surface area contributed by atoms with Crippen LogP contribution < -0.4 is 5.73 Å². The summed E-state index contributed by atoms with van der Waals surface area (Å²) >= 11 is 0. The Hall–Kier alpha value is -0.980. The van der Waals surface area contributed by atoms with Gasteiger partial charge in [-0.15, -0.1) is 0 Å². The van der Waals surface area contributed by atoms with E-state index in [0.29, 0.717) is 0 Å². The summed E-state index contributed by atoms with van der Waals surface area (Å²) in [5.74, 6) is -0.481. The van der Waals surface area contributed by atoms with Crippen LogP contribution in [-0.2, 0) is 4.74 Å². The van der Waals surface area contributed by atoms with Crippen molar-refractivity contribution in [1.82, 2.24) is 0 Å². The van der Waals surface area contributed by atoms with Gasteiger partial charge in [-0.25, -0.2) is 0 Å². The SMILES string of the molecule is N[C@@H]1[C@H](O)[C@H](CO)[C@H](c2ccccc2)O[C@@H]1CO. The zero-order valence-corrected chi connectivity index (χ0v) is 10.0.